The largest absolute Gasteiger partial charge is 0.333 e. The van der Waals surface area contributed by atoms with Gasteiger partial charge in [0.2, 0.25) is 5.91 Å². The molecule has 1 unspecified atom stereocenters. The van der Waals surface area contributed by atoms with Gasteiger partial charge in [0.05, 0.1) is 16.3 Å². The molecule has 3 amide bonds. The topological polar surface area (TPSA) is 74.3 Å². The first kappa shape index (κ1) is 16.5. The van der Waals surface area contributed by atoms with Gasteiger partial charge < -0.3 is 10.2 Å². The third-order valence-corrected chi connectivity index (χ3v) is 5.27. The van der Waals surface area contributed by atoms with Crippen LogP contribution in [0.5, 0.6) is 0 Å². The van der Waals surface area contributed by atoms with E-state index >= 15 is 0 Å². The lowest BCUT2D eigenvalue weighted by molar-refractivity contribution is -0.117. The summed E-state index contributed by atoms with van der Waals surface area (Å²) in [6.07, 6.45) is 0.293. The molecule has 26 heavy (non-hydrogen) atoms. The lowest BCUT2D eigenvalue weighted by Crippen LogP contribution is -2.39. The van der Waals surface area contributed by atoms with Crippen molar-refractivity contribution in [3.05, 3.63) is 54.1 Å². The number of carbonyl (C=O) groups is 2. The SMILES string of the molecule is Cc1ccc(N2CC(NC(=O)Nc3nc4ccccc4s3)CC2=O)cc1. The van der Waals surface area contributed by atoms with E-state index < -0.39 is 0 Å². The van der Waals surface area contributed by atoms with Gasteiger partial charge in [0, 0.05) is 18.7 Å². The van der Waals surface area contributed by atoms with Crippen LogP contribution in [-0.2, 0) is 4.79 Å². The Labute approximate surface area is 154 Å². The summed E-state index contributed by atoms with van der Waals surface area (Å²) in [6, 6.07) is 15.0. The fourth-order valence-corrected chi connectivity index (χ4v) is 3.88. The molecule has 0 saturated carbocycles. The van der Waals surface area contributed by atoms with E-state index in [1.165, 1.54) is 11.3 Å². The zero-order valence-electron chi connectivity index (χ0n) is 14.2. The van der Waals surface area contributed by atoms with Crippen LogP contribution in [0, 0.1) is 6.92 Å². The predicted molar refractivity (Wildman–Crippen MR) is 104 cm³/mol. The quantitative estimate of drug-likeness (QED) is 0.745. The summed E-state index contributed by atoms with van der Waals surface area (Å²) in [6.45, 7) is 2.47. The van der Waals surface area contributed by atoms with Crippen LogP contribution in [0.3, 0.4) is 0 Å². The Morgan fingerprint density at radius 3 is 2.73 bits per heavy atom. The first-order chi connectivity index (χ1) is 12.6. The van der Waals surface area contributed by atoms with E-state index in [0.29, 0.717) is 18.1 Å². The summed E-state index contributed by atoms with van der Waals surface area (Å²) in [5.74, 6) is 0.0131. The molecule has 3 aromatic rings. The van der Waals surface area contributed by atoms with Gasteiger partial charge in [0.1, 0.15) is 0 Å². The molecule has 4 rings (SSSR count). The summed E-state index contributed by atoms with van der Waals surface area (Å²) in [7, 11) is 0. The number of hydrogen-bond acceptors (Lipinski definition) is 4. The van der Waals surface area contributed by atoms with Crippen LogP contribution < -0.4 is 15.5 Å². The number of amides is 3. The molecule has 1 aliphatic heterocycles. The maximum atomic E-state index is 12.3. The Balaban J connectivity index is 1.38. The predicted octanol–water partition coefficient (Wildman–Crippen LogP) is 3.53. The lowest BCUT2D eigenvalue weighted by atomic mass is 10.2. The molecule has 0 bridgehead atoms. The molecule has 2 heterocycles. The minimum Gasteiger partial charge on any atom is -0.333 e. The second kappa shape index (κ2) is 6.76. The Bertz CT molecular complexity index is 934. The first-order valence-corrected chi connectivity index (χ1v) is 9.20. The van der Waals surface area contributed by atoms with Crippen LogP contribution in [0.15, 0.2) is 48.5 Å². The molecule has 2 N–H and O–H groups in total. The van der Waals surface area contributed by atoms with Crippen molar-refractivity contribution in [2.75, 3.05) is 16.8 Å². The van der Waals surface area contributed by atoms with Gasteiger partial charge in [-0.2, -0.15) is 0 Å². The summed E-state index contributed by atoms with van der Waals surface area (Å²) >= 11 is 1.42. The zero-order chi connectivity index (χ0) is 18.1. The van der Waals surface area contributed by atoms with Crippen molar-refractivity contribution < 1.29 is 9.59 Å². The number of thiazole rings is 1. The maximum Gasteiger partial charge on any atom is 0.321 e. The molecule has 2 aromatic carbocycles. The first-order valence-electron chi connectivity index (χ1n) is 8.38. The van der Waals surface area contributed by atoms with Gasteiger partial charge in [-0.15, -0.1) is 0 Å². The maximum absolute atomic E-state index is 12.3. The van der Waals surface area contributed by atoms with Gasteiger partial charge in [0.25, 0.3) is 0 Å². The minimum atomic E-state index is -0.340. The van der Waals surface area contributed by atoms with Crippen LogP contribution in [0.25, 0.3) is 10.2 Å². The Morgan fingerprint density at radius 2 is 1.96 bits per heavy atom. The highest BCUT2D eigenvalue weighted by molar-refractivity contribution is 7.22. The smallest absolute Gasteiger partial charge is 0.321 e. The van der Waals surface area contributed by atoms with Crippen LogP contribution in [-0.4, -0.2) is 29.5 Å². The number of nitrogens with one attached hydrogen (secondary N) is 2. The molecule has 6 nitrogen and oxygen atoms in total. The number of nitrogens with zero attached hydrogens (tertiary/aromatic N) is 2. The monoisotopic (exact) mass is 366 g/mol. The second-order valence-corrected chi connectivity index (χ2v) is 7.36. The summed E-state index contributed by atoms with van der Waals surface area (Å²) in [5.41, 5.74) is 2.86. The number of urea groups is 1. The second-order valence-electron chi connectivity index (χ2n) is 6.33. The number of carbonyl (C=O) groups excluding carboxylic acids is 2. The molecular formula is C19H18N4O2S. The lowest BCUT2D eigenvalue weighted by Gasteiger charge is -2.17. The van der Waals surface area contributed by atoms with E-state index in [0.717, 1.165) is 21.5 Å². The highest BCUT2D eigenvalue weighted by Crippen LogP contribution is 2.25. The molecule has 0 aliphatic carbocycles. The molecule has 1 aliphatic rings. The van der Waals surface area contributed by atoms with Crippen molar-refractivity contribution >= 4 is 44.3 Å². The summed E-state index contributed by atoms with van der Waals surface area (Å²) < 4.78 is 1.02. The molecule has 1 saturated heterocycles. The molecule has 132 valence electrons. The van der Waals surface area contributed by atoms with Crippen LogP contribution in [0.4, 0.5) is 15.6 Å². The third-order valence-electron chi connectivity index (χ3n) is 4.32. The van der Waals surface area contributed by atoms with Crippen molar-refractivity contribution in [2.24, 2.45) is 0 Å². The minimum absolute atomic E-state index is 0.0131. The number of benzene rings is 2. The highest BCUT2D eigenvalue weighted by Gasteiger charge is 2.31. The number of anilines is 2. The number of para-hydroxylation sites is 1. The van der Waals surface area contributed by atoms with Gasteiger partial charge in [-0.3, -0.25) is 10.1 Å². The van der Waals surface area contributed by atoms with Gasteiger partial charge in [-0.05, 0) is 31.2 Å². The fourth-order valence-electron chi connectivity index (χ4n) is 3.02. The van der Waals surface area contributed by atoms with E-state index in [4.69, 9.17) is 0 Å². The molecule has 0 radical (unpaired) electrons. The van der Waals surface area contributed by atoms with E-state index in [1.54, 1.807) is 4.90 Å². The van der Waals surface area contributed by atoms with Crippen LogP contribution >= 0.6 is 11.3 Å². The summed E-state index contributed by atoms with van der Waals surface area (Å²) in [4.78, 5) is 30.6. The molecule has 0 spiro atoms. The van der Waals surface area contributed by atoms with Crippen molar-refractivity contribution in [1.82, 2.24) is 10.3 Å². The number of aryl methyl sites for hydroxylation is 1. The zero-order valence-corrected chi connectivity index (χ0v) is 15.0. The van der Waals surface area contributed by atoms with E-state index in [2.05, 4.69) is 15.6 Å². The average molecular weight is 366 g/mol. The Kier molecular flexibility index (Phi) is 4.30. The van der Waals surface area contributed by atoms with Crippen molar-refractivity contribution in [1.29, 1.82) is 0 Å². The normalized spacial score (nSPS) is 16.9. The van der Waals surface area contributed by atoms with E-state index in [-0.39, 0.29) is 18.0 Å². The molecule has 1 aromatic heterocycles. The number of fused-ring (bicyclic) bond motifs is 1. The van der Waals surface area contributed by atoms with E-state index in [9.17, 15) is 9.59 Å². The van der Waals surface area contributed by atoms with Crippen molar-refractivity contribution in [2.45, 2.75) is 19.4 Å². The molecule has 1 atom stereocenters. The summed E-state index contributed by atoms with van der Waals surface area (Å²) in [5, 5.41) is 6.17. The van der Waals surface area contributed by atoms with Gasteiger partial charge in [-0.25, -0.2) is 9.78 Å². The van der Waals surface area contributed by atoms with Crippen LogP contribution in [0.2, 0.25) is 0 Å². The van der Waals surface area contributed by atoms with Gasteiger partial charge >= 0.3 is 6.03 Å². The third kappa shape index (κ3) is 3.39. The van der Waals surface area contributed by atoms with Crippen LogP contribution in [0.1, 0.15) is 12.0 Å². The number of aromatic nitrogens is 1. The standard InChI is InChI=1S/C19H18N4O2S/c1-12-6-8-14(9-7-12)23-11-13(10-17(23)24)20-18(25)22-19-21-15-4-2-3-5-16(15)26-19/h2-9,13H,10-11H2,1H3,(H2,20,21,22,25). The van der Waals surface area contributed by atoms with E-state index in [1.807, 2.05) is 55.5 Å². The highest BCUT2D eigenvalue weighted by atomic mass is 32.1. The van der Waals surface area contributed by atoms with Crippen molar-refractivity contribution in [3.8, 4) is 0 Å². The van der Waals surface area contributed by atoms with Crippen molar-refractivity contribution in [3.63, 3.8) is 0 Å². The number of rotatable bonds is 3. The number of hydrogen-bond donors (Lipinski definition) is 2. The Hall–Kier alpha value is -2.93. The Morgan fingerprint density at radius 1 is 1.19 bits per heavy atom. The molecule has 7 heteroatoms. The average Bonchev–Trinajstić information content (AvgIpc) is 3.18. The molecule has 1 fully saturated rings. The van der Waals surface area contributed by atoms with Gasteiger partial charge in [-0.1, -0.05) is 41.2 Å². The fraction of sp³-hybridized carbons (Fsp3) is 0.211. The van der Waals surface area contributed by atoms with Gasteiger partial charge in [0.15, 0.2) is 5.13 Å². The molecular weight excluding hydrogens is 348 g/mol.